The lowest BCUT2D eigenvalue weighted by molar-refractivity contribution is -0.178. The molecule has 0 heterocycles. The Hall–Kier alpha value is -1.42. The SMILES string of the molecule is C/C=C(/C)C(=O)O[C@H]1CC[C@]2(O)CC(=O)C(C)=C[C@]2(C)[C@H]1C. The second-order valence-corrected chi connectivity index (χ2v) is 6.98. The maximum absolute atomic E-state index is 12.0. The summed E-state index contributed by atoms with van der Waals surface area (Å²) in [6.07, 6.45) is 4.57. The molecule has 0 saturated heterocycles. The average Bonchev–Trinajstić information content (AvgIpc) is 2.46. The van der Waals surface area contributed by atoms with Gasteiger partial charge in [-0.25, -0.2) is 4.79 Å². The number of fused-ring (bicyclic) bond motifs is 1. The molecular weight excluding hydrogens is 280 g/mol. The lowest BCUT2D eigenvalue weighted by Crippen LogP contribution is -2.59. The third-order valence-electron chi connectivity index (χ3n) is 5.77. The molecule has 4 atom stereocenters. The standard InChI is InChI=1S/C18H26O4/c1-6-11(2)16(20)22-15-7-8-18(21)10-14(19)12(3)9-17(18,5)13(15)4/h6,9,13,15,21H,7-8,10H2,1-5H3/b11-6-/t13-,15-,17+,18-/m0/s1. The van der Waals surface area contributed by atoms with Gasteiger partial charge in [0.1, 0.15) is 6.10 Å². The lowest BCUT2D eigenvalue weighted by atomic mass is 9.54. The van der Waals surface area contributed by atoms with E-state index in [0.717, 1.165) is 0 Å². The van der Waals surface area contributed by atoms with Crippen LogP contribution < -0.4 is 0 Å². The van der Waals surface area contributed by atoms with Gasteiger partial charge in [-0.1, -0.05) is 26.0 Å². The summed E-state index contributed by atoms with van der Waals surface area (Å²) in [6.45, 7) is 9.29. The topological polar surface area (TPSA) is 63.6 Å². The molecule has 2 aliphatic rings. The van der Waals surface area contributed by atoms with Crippen LogP contribution in [-0.2, 0) is 14.3 Å². The minimum Gasteiger partial charge on any atom is -0.459 e. The first kappa shape index (κ1) is 16.9. The highest BCUT2D eigenvalue weighted by molar-refractivity contribution is 5.97. The van der Waals surface area contributed by atoms with Crippen LogP contribution in [0.5, 0.6) is 0 Å². The Balaban J connectivity index is 2.29. The monoisotopic (exact) mass is 306 g/mol. The van der Waals surface area contributed by atoms with Gasteiger partial charge in [-0.15, -0.1) is 0 Å². The number of ether oxygens (including phenoxy) is 1. The van der Waals surface area contributed by atoms with E-state index in [2.05, 4.69) is 0 Å². The van der Waals surface area contributed by atoms with Crippen molar-refractivity contribution in [3.05, 3.63) is 23.3 Å². The molecule has 0 aliphatic heterocycles. The van der Waals surface area contributed by atoms with Crippen LogP contribution >= 0.6 is 0 Å². The predicted octanol–water partition coefficient (Wildman–Crippen LogP) is 2.95. The Morgan fingerprint density at radius 3 is 2.73 bits per heavy atom. The fraction of sp³-hybridized carbons (Fsp3) is 0.667. The minimum absolute atomic E-state index is 0.00683. The van der Waals surface area contributed by atoms with Gasteiger partial charge in [0, 0.05) is 23.3 Å². The molecule has 1 fully saturated rings. The number of hydrogen-bond acceptors (Lipinski definition) is 4. The van der Waals surface area contributed by atoms with Crippen molar-refractivity contribution in [3.8, 4) is 0 Å². The van der Waals surface area contributed by atoms with Crippen molar-refractivity contribution in [1.82, 2.24) is 0 Å². The highest BCUT2D eigenvalue weighted by atomic mass is 16.5. The zero-order chi connectivity index (χ0) is 16.7. The molecule has 0 amide bonds. The van der Waals surface area contributed by atoms with E-state index in [1.807, 2.05) is 19.9 Å². The number of allylic oxidation sites excluding steroid dienone is 2. The summed E-state index contributed by atoms with van der Waals surface area (Å²) >= 11 is 0. The van der Waals surface area contributed by atoms with Gasteiger partial charge in [0.15, 0.2) is 5.78 Å². The third kappa shape index (κ3) is 2.54. The molecule has 0 aromatic carbocycles. The molecule has 0 aromatic rings. The van der Waals surface area contributed by atoms with Crippen molar-refractivity contribution >= 4 is 11.8 Å². The molecule has 0 spiro atoms. The highest BCUT2D eigenvalue weighted by Crippen LogP contribution is 2.54. The summed E-state index contributed by atoms with van der Waals surface area (Å²) < 4.78 is 5.65. The van der Waals surface area contributed by atoms with Crippen LogP contribution in [0.15, 0.2) is 23.3 Å². The van der Waals surface area contributed by atoms with Crippen LogP contribution in [0.25, 0.3) is 0 Å². The summed E-state index contributed by atoms with van der Waals surface area (Å²) in [5.41, 5.74) is -0.320. The molecule has 0 aromatic heterocycles. The van der Waals surface area contributed by atoms with Gasteiger partial charge in [0.2, 0.25) is 0 Å². The first-order valence-corrected chi connectivity index (χ1v) is 7.93. The molecule has 0 bridgehead atoms. The number of ketones is 1. The van der Waals surface area contributed by atoms with Gasteiger partial charge < -0.3 is 9.84 Å². The zero-order valence-corrected chi connectivity index (χ0v) is 14.1. The largest absolute Gasteiger partial charge is 0.459 e. The first-order valence-electron chi connectivity index (χ1n) is 7.93. The number of hydrogen-bond donors (Lipinski definition) is 1. The predicted molar refractivity (Wildman–Crippen MR) is 84.1 cm³/mol. The molecule has 0 radical (unpaired) electrons. The van der Waals surface area contributed by atoms with Crippen LogP contribution in [0.3, 0.4) is 0 Å². The first-order chi connectivity index (χ1) is 10.1. The van der Waals surface area contributed by atoms with Gasteiger partial charge >= 0.3 is 5.97 Å². The summed E-state index contributed by atoms with van der Waals surface area (Å²) in [4.78, 5) is 24.0. The molecule has 122 valence electrons. The summed E-state index contributed by atoms with van der Waals surface area (Å²) in [7, 11) is 0. The normalized spacial score (nSPS) is 39.1. The van der Waals surface area contributed by atoms with Gasteiger partial charge in [-0.05, 0) is 39.2 Å². The van der Waals surface area contributed by atoms with Crippen molar-refractivity contribution in [2.45, 2.75) is 65.6 Å². The maximum Gasteiger partial charge on any atom is 0.333 e. The van der Waals surface area contributed by atoms with Crippen molar-refractivity contribution in [2.24, 2.45) is 11.3 Å². The number of carbonyl (C=O) groups is 2. The van der Waals surface area contributed by atoms with E-state index in [-0.39, 0.29) is 30.2 Å². The fourth-order valence-corrected chi connectivity index (χ4v) is 3.70. The Labute approximate surface area is 132 Å². The lowest BCUT2D eigenvalue weighted by Gasteiger charge is -2.55. The van der Waals surface area contributed by atoms with E-state index in [1.54, 1.807) is 26.8 Å². The van der Waals surface area contributed by atoms with Crippen LogP contribution in [0.4, 0.5) is 0 Å². The van der Waals surface area contributed by atoms with E-state index in [0.29, 0.717) is 24.0 Å². The minimum atomic E-state index is -1.04. The van der Waals surface area contributed by atoms with Gasteiger partial charge in [0.25, 0.3) is 0 Å². The molecule has 2 aliphatic carbocycles. The number of Topliss-reactive ketones (excluding diaryl/α,β-unsaturated/α-hetero) is 1. The summed E-state index contributed by atoms with van der Waals surface area (Å²) in [5, 5.41) is 11.0. The molecule has 22 heavy (non-hydrogen) atoms. The van der Waals surface area contributed by atoms with E-state index >= 15 is 0 Å². The quantitative estimate of drug-likeness (QED) is 0.629. The maximum atomic E-state index is 12.0. The van der Waals surface area contributed by atoms with E-state index < -0.39 is 11.0 Å². The number of rotatable bonds is 2. The molecule has 0 unspecified atom stereocenters. The van der Waals surface area contributed by atoms with E-state index in [9.17, 15) is 14.7 Å². The second kappa shape index (κ2) is 5.65. The summed E-state index contributed by atoms with van der Waals surface area (Å²) in [6, 6.07) is 0. The number of carbonyl (C=O) groups excluding carboxylic acids is 2. The van der Waals surface area contributed by atoms with Crippen molar-refractivity contribution in [2.75, 3.05) is 0 Å². The summed E-state index contributed by atoms with van der Waals surface area (Å²) in [5.74, 6) is -0.351. The van der Waals surface area contributed by atoms with E-state index in [1.165, 1.54) is 0 Å². The van der Waals surface area contributed by atoms with Crippen molar-refractivity contribution < 1.29 is 19.4 Å². The molecule has 1 saturated carbocycles. The zero-order valence-electron chi connectivity index (χ0n) is 14.1. The average molecular weight is 306 g/mol. The molecule has 2 rings (SSSR count). The second-order valence-electron chi connectivity index (χ2n) is 6.98. The van der Waals surface area contributed by atoms with Crippen LogP contribution in [0.2, 0.25) is 0 Å². The van der Waals surface area contributed by atoms with Crippen molar-refractivity contribution in [3.63, 3.8) is 0 Å². The Kier molecular flexibility index (Phi) is 4.35. The Morgan fingerprint density at radius 1 is 1.50 bits per heavy atom. The molecule has 4 heteroatoms. The smallest absolute Gasteiger partial charge is 0.333 e. The highest BCUT2D eigenvalue weighted by Gasteiger charge is 2.57. The van der Waals surface area contributed by atoms with Crippen LogP contribution in [0.1, 0.15) is 53.9 Å². The molecular formula is C18H26O4. The van der Waals surface area contributed by atoms with Crippen LogP contribution in [0, 0.1) is 11.3 Å². The number of esters is 1. The van der Waals surface area contributed by atoms with Gasteiger partial charge in [0.05, 0.1) is 5.60 Å². The fourth-order valence-electron chi connectivity index (χ4n) is 3.70. The van der Waals surface area contributed by atoms with Crippen LogP contribution in [-0.4, -0.2) is 28.6 Å². The molecule has 1 N–H and O–H groups in total. The van der Waals surface area contributed by atoms with Crippen molar-refractivity contribution in [1.29, 1.82) is 0 Å². The van der Waals surface area contributed by atoms with Gasteiger partial charge in [-0.2, -0.15) is 0 Å². The molecule has 4 nitrogen and oxygen atoms in total. The number of aliphatic hydroxyl groups is 1. The third-order valence-corrected chi connectivity index (χ3v) is 5.77. The Morgan fingerprint density at radius 2 is 2.14 bits per heavy atom. The van der Waals surface area contributed by atoms with E-state index in [4.69, 9.17) is 4.74 Å². The Bertz CT molecular complexity index is 559. The van der Waals surface area contributed by atoms with Gasteiger partial charge in [-0.3, -0.25) is 4.79 Å².